The number of anilines is 1. The van der Waals surface area contributed by atoms with Crippen LogP contribution >= 0.6 is 0 Å². The number of carbonyl (C=O) groups excluding carboxylic acids is 1. The third-order valence-corrected chi connectivity index (χ3v) is 6.25. The molecule has 1 aromatic carbocycles. The van der Waals surface area contributed by atoms with Crippen molar-refractivity contribution in [3.05, 3.63) is 47.5 Å². The molecule has 36 heavy (non-hydrogen) atoms. The van der Waals surface area contributed by atoms with Crippen LogP contribution in [0.1, 0.15) is 42.8 Å². The van der Waals surface area contributed by atoms with Crippen molar-refractivity contribution in [1.29, 1.82) is 0 Å². The number of benzene rings is 1. The van der Waals surface area contributed by atoms with Gasteiger partial charge in [0.2, 0.25) is 0 Å². The molecule has 0 saturated carbocycles. The second-order valence-corrected chi connectivity index (χ2v) is 8.40. The van der Waals surface area contributed by atoms with Crippen LogP contribution in [0, 0.1) is 5.92 Å². The van der Waals surface area contributed by atoms with Crippen LogP contribution in [0.5, 0.6) is 5.75 Å². The van der Waals surface area contributed by atoms with E-state index in [0.717, 1.165) is 51.6 Å². The molecule has 2 heterocycles. The first-order valence-corrected chi connectivity index (χ1v) is 10.6. The van der Waals surface area contributed by atoms with Gasteiger partial charge < -0.3 is 25.0 Å². The molecular weight excluding hydrogens is 500 g/mol. The molecule has 1 aliphatic heterocycles. The summed E-state index contributed by atoms with van der Waals surface area (Å²) < 4.78 is 93.0. The quantitative estimate of drug-likeness (QED) is 0.496. The SMILES string of the molecule is COc1c([C@@H]2[C@@H](C(=O)Nc3cnc([C@H](O)CO)nc3)O[C@](C)(C(F)(F)F)[C@@H]2C)cccc1C(F)(F)F. The summed E-state index contributed by atoms with van der Waals surface area (Å²) in [7, 11) is 0.951. The summed E-state index contributed by atoms with van der Waals surface area (Å²) in [6.07, 6.45) is -11.0. The smallest absolute Gasteiger partial charge is 0.419 e. The molecule has 3 rings (SSSR count). The van der Waals surface area contributed by atoms with Crippen LogP contribution in [0.25, 0.3) is 0 Å². The first kappa shape index (κ1) is 27.6. The third-order valence-electron chi connectivity index (χ3n) is 6.25. The van der Waals surface area contributed by atoms with Crippen LogP contribution in [-0.4, -0.2) is 57.7 Å². The Balaban J connectivity index is 2.05. The van der Waals surface area contributed by atoms with Crippen molar-refractivity contribution < 1.29 is 50.8 Å². The van der Waals surface area contributed by atoms with Crippen molar-refractivity contribution >= 4 is 11.6 Å². The lowest BCUT2D eigenvalue weighted by molar-refractivity contribution is -0.272. The summed E-state index contributed by atoms with van der Waals surface area (Å²) >= 11 is 0. The third kappa shape index (κ3) is 4.97. The number of carbonyl (C=O) groups is 1. The Morgan fingerprint density at radius 2 is 1.83 bits per heavy atom. The van der Waals surface area contributed by atoms with Gasteiger partial charge in [0.25, 0.3) is 5.91 Å². The molecule has 1 fully saturated rings. The zero-order valence-corrected chi connectivity index (χ0v) is 19.2. The van der Waals surface area contributed by atoms with E-state index >= 15 is 0 Å². The Bertz CT molecular complexity index is 1100. The number of hydrogen-bond donors (Lipinski definition) is 3. The number of methoxy groups -OCH3 is 1. The van der Waals surface area contributed by atoms with Crippen molar-refractivity contribution in [3.63, 3.8) is 0 Å². The minimum absolute atomic E-state index is 0.0829. The lowest BCUT2D eigenvalue weighted by Gasteiger charge is -2.32. The van der Waals surface area contributed by atoms with Gasteiger partial charge in [-0.3, -0.25) is 4.79 Å². The van der Waals surface area contributed by atoms with Crippen molar-refractivity contribution in [2.24, 2.45) is 5.92 Å². The van der Waals surface area contributed by atoms with Crippen LogP contribution in [0.15, 0.2) is 30.6 Å². The highest BCUT2D eigenvalue weighted by atomic mass is 19.4. The monoisotopic (exact) mass is 523 g/mol. The molecule has 5 atom stereocenters. The Labute approximate surface area is 201 Å². The van der Waals surface area contributed by atoms with E-state index < -0.39 is 65.8 Å². The van der Waals surface area contributed by atoms with E-state index in [-0.39, 0.29) is 17.1 Å². The number of aromatic nitrogens is 2. The molecule has 1 amide bonds. The number of aliphatic hydroxyl groups is 2. The average Bonchev–Trinajstić information content (AvgIpc) is 3.09. The van der Waals surface area contributed by atoms with Crippen LogP contribution in [0.3, 0.4) is 0 Å². The number of hydrogen-bond acceptors (Lipinski definition) is 7. The van der Waals surface area contributed by atoms with Crippen LogP contribution in [-0.2, 0) is 15.7 Å². The number of rotatable bonds is 6. The summed E-state index contributed by atoms with van der Waals surface area (Å²) in [6.45, 7) is 1.20. The predicted octanol–water partition coefficient (Wildman–Crippen LogP) is 3.61. The first-order valence-electron chi connectivity index (χ1n) is 10.6. The van der Waals surface area contributed by atoms with Gasteiger partial charge in [-0.25, -0.2) is 9.97 Å². The Morgan fingerprint density at radius 3 is 2.33 bits per heavy atom. The maximum Gasteiger partial charge on any atom is 0.419 e. The number of amides is 1. The van der Waals surface area contributed by atoms with Crippen LogP contribution < -0.4 is 10.1 Å². The summed E-state index contributed by atoms with van der Waals surface area (Å²) in [5.41, 5.74) is -4.43. The van der Waals surface area contributed by atoms with Crippen molar-refractivity contribution in [2.45, 2.75) is 49.9 Å². The highest BCUT2D eigenvalue weighted by molar-refractivity contribution is 5.95. The van der Waals surface area contributed by atoms with E-state index in [0.29, 0.717) is 0 Å². The zero-order chi connectivity index (χ0) is 27.1. The second-order valence-electron chi connectivity index (χ2n) is 8.40. The molecule has 14 heteroatoms. The minimum Gasteiger partial charge on any atom is -0.496 e. The summed E-state index contributed by atoms with van der Waals surface area (Å²) in [6, 6.07) is 2.90. The number of para-hydroxylation sites is 1. The van der Waals surface area contributed by atoms with E-state index in [1.54, 1.807) is 0 Å². The molecule has 0 spiro atoms. The van der Waals surface area contributed by atoms with Gasteiger partial charge in [-0.05, 0) is 13.0 Å². The van der Waals surface area contributed by atoms with Gasteiger partial charge in [0.1, 0.15) is 18.0 Å². The molecule has 198 valence electrons. The molecule has 1 aromatic heterocycles. The van der Waals surface area contributed by atoms with Gasteiger partial charge in [0, 0.05) is 17.4 Å². The largest absolute Gasteiger partial charge is 0.496 e. The number of halogens is 6. The van der Waals surface area contributed by atoms with Gasteiger partial charge in [-0.15, -0.1) is 0 Å². The van der Waals surface area contributed by atoms with Crippen molar-refractivity contribution in [2.75, 3.05) is 19.0 Å². The van der Waals surface area contributed by atoms with Crippen molar-refractivity contribution in [3.8, 4) is 5.75 Å². The highest BCUT2D eigenvalue weighted by Gasteiger charge is 2.66. The normalized spacial score (nSPS) is 25.5. The number of nitrogens with one attached hydrogen (secondary N) is 1. The molecule has 0 aliphatic carbocycles. The lowest BCUT2D eigenvalue weighted by atomic mass is 9.76. The minimum atomic E-state index is -4.96. The van der Waals surface area contributed by atoms with E-state index in [2.05, 4.69) is 15.3 Å². The Morgan fingerprint density at radius 1 is 1.22 bits per heavy atom. The zero-order valence-electron chi connectivity index (χ0n) is 19.2. The fourth-order valence-corrected chi connectivity index (χ4v) is 4.16. The topological polar surface area (TPSA) is 114 Å². The average molecular weight is 523 g/mol. The molecule has 0 unspecified atom stereocenters. The van der Waals surface area contributed by atoms with E-state index in [1.165, 1.54) is 0 Å². The van der Waals surface area contributed by atoms with E-state index in [9.17, 15) is 36.2 Å². The lowest BCUT2D eigenvalue weighted by Crippen LogP contribution is -2.47. The first-order chi connectivity index (χ1) is 16.7. The van der Waals surface area contributed by atoms with Crippen LogP contribution in [0.2, 0.25) is 0 Å². The van der Waals surface area contributed by atoms with Gasteiger partial charge >= 0.3 is 12.4 Å². The van der Waals surface area contributed by atoms with Gasteiger partial charge in [0.15, 0.2) is 11.4 Å². The van der Waals surface area contributed by atoms with Crippen molar-refractivity contribution in [1.82, 2.24) is 9.97 Å². The molecule has 8 nitrogen and oxygen atoms in total. The number of ether oxygens (including phenoxy) is 2. The maximum absolute atomic E-state index is 14.0. The highest BCUT2D eigenvalue weighted by Crippen LogP contribution is 2.55. The summed E-state index contributed by atoms with van der Waals surface area (Å²) in [5.74, 6) is -4.94. The molecule has 1 saturated heterocycles. The molecular formula is C22H23F6N3O5. The molecule has 0 radical (unpaired) electrons. The molecule has 1 aliphatic rings. The number of nitrogens with zero attached hydrogens (tertiary/aromatic N) is 2. The Hall–Kier alpha value is -2.97. The van der Waals surface area contributed by atoms with Gasteiger partial charge in [-0.2, -0.15) is 26.3 Å². The van der Waals surface area contributed by atoms with E-state index in [1.807, 2.05) is 0 Å². The standard InChI is InChI=1S/C22H23F6N3O5/c1-10-15(12-5-4-6-13(16(12)35-3)21(23,24)25)17(36-20(10,2)22(26,27)28)19(34)31-11-7-29-18(30-8-11)14(33)9-32/h4-8,10,14-15,17,32-33H,9H2,1-3H3,(H,31,34)/t10-,14-,15-,17+,20+/m1/s1. The maximum atomic E-state index is 14.0. The summed E-state index contributed by atoms with van der Waals surface area (Å²) in [4.78, 5) is 20.6. The predicted molar refractivity (Wildman–Crippen MR) is 112 cm³/mol. The fourth-order valence-electron chi connectivity index (χ4n) is 4.16. The fraction of sp³-hybridized carbons (Fsp3) is 0.500. The molecule has 3 N–H and O–H groups in total. The molecule has 2 aromatic rings. The number of aliphatic hydroxyl groups excluding tert-OH is 2. The van der Waals surface area contributed by atoms with Gasteiger partial charge in [-0.1, -0.05) is 19.1 Å². The summed E-state index contributed by atoms with van der Waals surface area (Å²) in [5, 5.41) is 20.8. The Kier molecular flexibility index (Phi) is 7.54. The van der Waals surface area contributed by atoms with Gasteiger partial charge in [0.05, 0.1) is 37.4 Å². The second kappa shape index (κ2) is 9.82. The molecule has 0 bridgehead atoms. The van der Waals surface area contributed by atoms with Crippen LogP contribution in [0.4, 0.5) is 32.0 Å². The van der Waals surface area contributed by atoms with E-state index in [4.69, 9.17) is 14.6 Å². The number of alkyl halides is 6.